The van der Waals surface area contributed by atoms with Crippen LogP contribution in [0.5, 0.6) is 0 Å². The molecule has 98 valence electrons. The summed E-state index contributed by atoms with van der Waals surface area (Å²) in [7, 11) is 0. The van der Waals surface area contributed by atoms with Crippen LogP contribution in [0.3, 0.4) is 0 Å². The number of carbonyl (C=O) groups excluding carboxylic acids is 1. The third kappa shape index (κ3) is 1.78. The predicted molar refractivity (Wildman–Crippen MR) is 71.0 cm³/mol. The third-order valence-corrected chi connectivity index (χ3v) is 5.21. The van der Waals surface area contributed by atoms with E-state index in [1.807, 2.05) is 6.08 Å². The first kappa shape index (κ1) is 12.2. The molecule has 0 aromatic heterocycles. The second-order valence-electron chi connectivity index (χ2n) is 6.81. The minimum atomic E-state index is -0.405. The molecule has 2 nitrogen and oxygen atoms in total. The lowest BCUT2D eigenvalue weighted by Crippen LogP contribution is -2.44. The topological polar surface area (TPSA) is 37.3 Å². The van der Waals surface area contributed by atoms with Crippen molar-refractivity contribution in [3.8, 4) is 0 Å². The summed E-state index contributed by atoms with van der Waals surface area (Å²) in [5.41, 5.74) is 1.15. The van der Waals surface area contributed by atoms with Crippen LogP contribution >= 0.6 is 0 Å². The Hall–Kier alpha value is -0.890. The van der Waals surface area contributed by atoms with E-state index in [-0.39, 0.29) is 11.2 Å². The van der Waals surface area contributed by atoms with E-state index in [4.69, 9.17) is 0 Å². The van der Waals surface area contributed by atoms with Gasteiger partial charge in [-0.2, -0.15) is 0 Å². The van der Waals surface area contributed by atoms with Crippen molar-refractivity contribution in [3.05, 3.63) is 23.8 Å². The molecular weight excluding hydrogens is 224 g/mol. The van der Waals surface area contributed by atoms with Crippen molar-refractivity contribution in [1.29, 1.82) is 0 Å². The summed E-state index contributed by atoms with van der Waals surface area (Å²) < 4.78 is 0. The van der Waals surface area contributed by atoms with Gasteiger partial charge in [0.25, 0.3) is 0 Å². The number of allylic oxidation sites excluding steroid dienone is 3. The van der Waals surface area contributed by atoms with Crippen molar-refractivity contribution >= 4 is 5.78 Å². The lowest BCUT2D eigenvalue weighted by Gasteiger charge is -2.48. The molecule has 0 amide bonds. The van der Waals surface area contributed by atoms with E-state index in [0.29, 0.717) is 24.2 Å². The van der Waals surface area contributed by atoms with Gasteiger partial charge in [0, 0.05) is 6.42 Å². The lowest BCUT2D eigenvalue weighted by molar-refractivity contribution is -0.121. The summed E-state index contributed by atoms with van der Waals surface area (Å²) in [6.07, 6.45) is 9.55. The summed E-state index contributed by atoms with van der Waals surface area (Å²) in [4.78, 5) is 12.3. The van der Waals surface area contributed by atoms with Crippen molar-refractivity contribution in [2.24, 2.45) is 23.2 Å². The van der Waals surface area contributed by atoms with Gasteiger partial charge in [0.2, 0.25) is 0 Å². The summed E-state index contributed by atoms with van der Waals surface area (Å²) in [6.45, 7) is 4.57. The summed E-state index contributed by atoms with van der Waals surface area (Å²) in [5.74, 6) is 1.62. The molecule has 3 rings (SSSR count). The van der Waals surface area contributed by atoms with Gasteiger partial charge in [0.15, 0.2) is 5.78 Å². The number of Topliss-reactive ketones (excluding diaryl/α,β-unsaturated/α-hetero) is 1. The molecule has 0 saturated heterocycles. The molecule has 0 radical (unpaired) electrons. The van der Waals surface area contributed by atoms with Gasteiger partial charge in [-0.15, -0.1) is 0 Å². The summed E-state index contributed by atoms with van der Waals surface area (Å²) in [6, 6.07) is 0. The second kappa shape index (κ2) is 4.06. The fourth-order valence-corrected chi connectivity index (χ4v) is 4.10. The van der Waals surface area contributed by atoms with Crippen LogP contribution in [0.4, 0.5) is 0 Å². The molecule has 18 heavy (non-hydrogen) atoms. The SMILES string of the molecule is CC1(C)CC=C[C@@H]2[C@@H]3CC[C@H](O)C=C3C(=O)C[C@@H]21. The van der Waals surface area contributed by atoms with Gasteiger partial charge in [0.1, 0.15) is 0 Å². The number of hydrogen-bond acceptors (Lipinski definition) is 2. The zero-order chi connectivity index (χ0) is 12.9. The number of aliphatic hydroxyl groups excluding tert-OH is 1. The monoisotopic (exact) mass is 246 g/mol. The van der Waals surface area contributed by atoms with Crippen LogP contribution < -0.4 is 0 Å². The van der Waals surface area contributed by atoms with E-state index in [0.717, 1.165) is 24.8 Å². The van der Waals surface area contributed by atoms with Gasteiger partial charge in [-0.3, -0.25) is 4.79 Å². The van der Waals surface area contributed by atoms with Gasteiger partial charge in [0.05, 0.1) is 6.10 Å². The Labute approximate surface area is 109 Å². The van der Waals surface area contributed by atoms with Crippen molar-refractivity contribution in [2.75, 3.05) is 0 Å². The average Bonchev–Trinajstić information content (AvgIpc) is 2.31. The number of aliphatic hydroxyl groups is 1. The number of rotatable bonds is 0. The highest BCUT2D eigenvalue weighted by atomic mass is 16.3. The number of ketones is 1. The van der Waals surface area contributed by atoms with Crippen molar-refractivity contribution in [1.82, 2.24) is 0 Å². The molecule has 3 aliphatic rings. The van der Waals surface area contributed by atoms with Crippen LogP contribution in [0.25, 0.3) is 0 Å². The van der Waals surface area contributed by atoms with Crippen LogP contribution in [0.1, 0.15) is 39.5 Å². The maximum atomic E-state index is 12.3. The smallest absolute Gasteiger partial charge is 0.159 e. The molecule has 0 heterocycles. The quantitative estimate of drug-likeness (QED) is 0.667. The van der Waals surface area contributed by atoms with E-state index in [1.54, 1.807) is 0 Å². The van der Waals surface area contributed by atoms with Gasteiger partial charge in [-0.25, -0.2) is 0 Å². The van der Waals surface area contributed by atoms with Gasteiger partial charge in [-0.05, 0) is 54.1 Å². The van der Waals surface area contributed by atoms with E-state index in [9.17, 15) is 9.90 Å². The molecule has 0 bridgehead atoms. The van der Waals surface area contributed by atoms with Crippen LogP contribution in [-0.4, -0.2) is 17.0 Å². The first-order chi connectivity index (χ1) is 8.49. The minimum Gasteiger partial charge on any atom is -0.389 e. The molecule has 3 aliphatic carbocycles. The fraction of sp³-hybridized carbons (Fsp3) is 0.688. The molecular formula is C16H22O2. The molecule has 0 aromatic rings. The van der Waals surface area contributed by atoms with E-state index in [2.05, 4.69) is 26.0 Å². The van der Waals surface area contributed by atoms with Crippen LogP contribution in [0.15, 0.2) is 23.8 Å². The maximum absolute atomic E-state index is 12.3. The molecule has 0 aromatic carbocycles. The molecule has 0 unspecified atom stereocenters. The summed E-state index contributed by atoms with van der Waals surface area (Å²) in [5, 5.41) is 9.72. The molecule has 1 N–H and O–H groups in total. The Morgan fingerprint density at radius 2 is 2.11 bits per heavy atom. The Balaban J connectivity index is 1.99. The zero-order valence-corrected chi connectivity index (χ0v) is 11.2. The Bertz CT molecular complexity index is 430. The van der Waals surface area contributed by atoms with Crippen molar-refractivity contribution < 1.29 is 9.90 Å². The van der Waals surface area contributed by atoms with Gasteiger partial charge < -0.3 is 5.11 Å². The number of carbonyl (C=O) groups is 1. The standard InChI is InChI=1S/C16H22O2/c1-16(2)7-3-4-12-11-6-5-10(17)8-13(11)15(18)9-14(12)16/h3-4,8,10-12,14,17H,5-7,9H2,1-2H3/t10-,11-,12+,14-/m0/s1. The Morgan fingerprint density at radius 1 is 1.33 bits per heavy atom. The largest absolute Gasteiger partial charge is 0.389 e. The zero-order valence-electron chi connectivity index (χ0n) is 11.2. The third-order valence-electron chi connectivity index (χ3n) is 5.21. The van der Waals surface area contributed by atoms with Crippen molar-refractivity contribution in [2.45, 2.75) is 45.6 Å². The minimum absolute atomic E-state index is 0.233. The Morgan fingerprint density at radius 3 is 2.89 bits per heavy atom. The molecule has 2 heteroatoms. The van der Waals surface area contributed by atoms with Gasteiger partial charge >= 0.3 is 0 Å². The first-order valence-corrected chi connectivity index (χ1v) is 7.09. The van der Waals surface area contributed by atoms with E-state index in [1.165, 1.54) is 0 Å². The molecule has 0 spiro atoms. The first-order valence-electron chi connectivity index (χ1n) is 7.09. The van der Waals surface area contributed by atoms with E-state index >= 15 is 0 Å². The normalized spacial score (nSPS) is 41.9. The van der Waals surface area contributed by atoms with Crippen LogP contribution in [0.2, 0.25) is 0 Å². The predicted octanol–water partition coefficient (Wildman–Crippen LogP) is 2.88. The Kier molecular flexibility index (Phi) is 2.74. The molecule has 0 aliphatic heterocycles. The molecule has 1 fully saturated rings. The summed E-state index contributed by atoms with van der Waals surface area (Å²) >= 11 is 0. The number of fused-ring (bicyclic) bond motifs is 3. The van der Waals surface area contributed by atoms with E-state index < -0.39 is 6.10 Å². The van der Waals surface area contributed by atoms with Gasteiger partial charge in [-0.1, -0.05) is 26.0 Å². The fourth-order valence-electron chi connectivity index (χ4n) is 4.10. The van der Waals surface area contributed by atoms with Crippen LogP contribution in [-0.2, 0) is 4.79 Å². The molecule has 4 atom stereocenters. The maximum Gasteiger partial charge on any atom is 0.159 e. The second-order valence-corrected chi connectivity index (χ2v) is 6.81. The number of hydrogen-bond donors (Lipinski definition) is 1. The van der Waals surface area contributed by atoms with Crippen molar-refractivity contribution in [3.63, 3.8) is 0 Å². The lowest BCUT2D eigenvalue weighted by atomic mass is 9.55. The highest BCUT2D eigenvalue weighted by Gasteiger charge is 2.47. The molecule has 1 saturated carbocycles. The average molecular weight is 246 g/mol. The highest BCUT2D eigenvalue weighted by molar-refractivity contribution is 5.97. The van der Waals surface area contributed by atoms with Crippen LogP contribution in [0, 0.1) is 23.2 Å². The highest BCUT2D eigenvalue weighted by Crippen LogP contribution is 2.52.